The number of imidazole rings is 1. The second-order valence-corrected chi connectivity index (χ2v) is 9.97. The molecule has 0 aliphatic heterocycles. The van der Waals surface area contributed by atoms with Crippen molar-refractivity contribution in [1.29, 1.82) is 0 Å². The number of halogens is 10. The van der Waals surface area contributed by atoms with Crippen molar-refractivity contribution in [1.82, 2.24) is 4.57 Å². The average molecular weight is 589 g/mol. The van der Waals surface area contributed by atoms with E-state index in [9.17, 15) is 65.5 Å². The van der Waals surface area contributed by atoms with Gasteiger partial charge in [-0.3, -0.25) is 0 Å². The third-order valence-corrected chi connectivity index (χ3v) is 6.88. The number of esters is 1. The van der Waals surface area contributed by atoms with Crippen molar-refractivity contribution in [2.75, 3.05) is 6.61 Å². The van der Waals surface area contributed by atoms with Gasteiger partial charge in [0.05, 0.1) is 6.54 Å². The van der Waals surface area contributed by atoms with Gasteiger partial charge >= 0.3 is 28.8 Å². The van der Waals surface area contributed by atoms with Crippen molar-refractivity contribution >= 4 is 26.0 Å². The van der Waals surface area contributed by atoms with Gasteiger partial charge in [-0.15, -0.1) is 0 Å². The molecule has 9 nitrogen and oxygen atoms in total. The Bertz CT molecular complexity index is 1090. The first kappa shape index (κ1) is 33.6. The standard InChI is InChI=1S/C11H17N2O2.C4F10NO4S2/c1-4-12-5-6-13(9-12)7-8-15-11(14)10(2)3;5-1(6,7)3(11,12)20(16,17)15-21(18,19)4(13,14)2(8,9)10/h5-6,9H,2,4,7-8H2,1,3H3;/q+1;-1. The second kappa shape index (κ2) is 11.3. The van der Waals surface area contributed by atoms with Gasteiger partial charge in [0.15, 0.2) is 20.0 Å². The van der Waals surface area contributed by atoms with Crippen LogP contribution < -0.4 is 4.57 Å². The molecule has 1 aromatic rings. The SMILES string of the molecule is C=C(C)C(=O)OCC[n+]1ccn(CC)c1.O=S(=O)([N-]S(=O)(=O)C(F)(F)C(F)(F)F)C(F)(F)C(F)(F)F. The first-order valence-corrected chi connectivity index (χ1v) is 11.7. The van der Waals surface area contributed by atoms with Crippen LogP contribution in [-0.4, -0.2) is 56.8 Å². The lowest BCUT2D eigenvalue weighted by atomic mass is 10.4. The maximum atomic E-state index is 12.3. The van der Waals surface area contributed by atoms with Gasteiger partial charge in [-0.05, 0) is 13.8 Å². The average Bonchev–Trinajstić information content (AvgIpc) is 3.13. The van der Waals surface area contributed by atoms with Crippen molar-refractivity contribution in [3.8, 4) is 0 Å². The number of sulfonamides is 2. The van der Waals surface area contributed by atoms with Gasteiger partial charge in [0.1, 0.15) is 25.5 Å². The molecule has 1 heterocycles. The number of hydrogen-bond acceptors (Lipinski definition) is 6. The van der Waals surface area contributed by atoms with Crippen LogP contribution in [0.25, 0.3) is 4.13 Å². The molecule has 0 aliphatic carbocycles. The van der Waals surface area contributed by atoms with Gasteiger partial charge in [0, 0.05) is 5.57 Å². The Kier molecular flexibility index (Phi) is 10.6. The number of hydrogen-bond donors (Lipinski definition) is 0. The highest BCUT2D eigenvalue weighted by molar-refractivity contribution is 8.13. The molecule has 0 saturated heterocycles. The molecule has 21 heteroatoms. The lowest BCUT2D eigenvalue weighted by molar-refractivity contribution is -0.697. The molecule has 1 rings (SSSR count). The third-order valence-electron chi connectivity index (χ3n) is 3.55. The van der Waals surface area contributed by atoms with Crippen LogP contribution in [0.1, 0.15) is 13.8 Å². The normalized spacial score (nSPS) is 13.6. The molecular weight excluding hydrogens is 572 g/mol. The Labute approximate surface area is 197 Å². The predicted molar refractivity (Wildman–Crippen MR) is 99.3 cm³/mol. The number of aromatic nitrogens is 2. The summed E-state index contributed by atoms with van der Waals surface area (Å²) in [5.74, 6) is -0.328. The second-order valence-electron chi connectivity index (χ2n) is 6.45. The van der Waals surface area contributed by atoms with Crippen molar-refractivity contribution in [3.63, 3.8) is 0 Å². The fraction of sp³-hybridized carbons (Fsp3) is 0.600. The van der Waals surface area contributed by atoms with E-state index in [1.165, 1.54) is 0 Å². The van der Waals surface area contributed by atoms with Gasteiger partial charge in [0.25, 0.3) is 0 Å². The van der Waals surface area contributed by atoms with E-state index in [2.05, 4.69) is 18.1 Å². The lowest BCUT2D eigenvalue weighted by Crippen LogP contribution is -2.48. The number of carbonyl (C=O) groups is 1. The van der Waals surface area contributed by atoms with Crippen LogP contribution in [0, 0.1) is 0 Å². The Morgan fingerprint density at radius 2 is 1.36 bits per heavy atom. The molecule has 0 bridgehead atoms. The van der Waals surface area contributed by atoms with Crippen LogP contribution in [-0.2, 0) is 42.7 Å². The highest BCUT2D eigenvalue weighted by Crippen LogP contribution is 2.47. The lowest BCUT2D eigenvalue weighted by Gasteiger charge is -2.31. The fourth-order valence-corrected chi connectivity index (χ4v) is 4.01. The summed E-state index contributed by atoms with van der Waals surface area (Å²) in [6, 6.07) is 0. The van der Waals surface area contributed by atoms with E-state index >= 15 is 0 Å². The van der Waals surface area contributed by atoms with Gasteiger partial charge in [-0.2, -0.15) is 43.9 Å². The van der Waals surface area contributed by atoms with E-state index in [-0.39, 0.29) is 5.97 Å². The molecule has 0 N–H and O–H groups in total. The minimum absolute atomic E-state index is 0.328. The molecule has 0 saturated carbocycles. The minimum Gasteiger partial charge on any atom is -0.458 e. The van der Waals surface area contributed by atoms with Crippen LogP contribution in [0.15, 0.2) is 30.9 Å². The number of aryl methyl sites for hydroxylation is 1. The molecule has 1 aromatic heterocycles. The van der Waals surface area contributed by atoms with Gasteiger partial charge in [-0.25, -0.2) is 30.8 Å². The maximum Gasteiger partial charge on any atom is 0.467 e. The molecule has 0 radical (unpaired) electrons. The summed E-state index contributed by atoms with van der Waals surface area (Å²) in [6.07, 6.45) is -8.08. The first-order chi connectivity index (χ1) is 15.8. The maximum absolute atomic E-state index is 12.3. The Hall–Kier alpha value is -2.42. The van der Waals surface area contributed by atoms with Crippen LogP contribution >= 0.6 is 0 Å². The highest BCUT2D eigenvalue weighted by atomic mass is 32.3. The Morgan fingerprint density at radius 3 is 1.67 bits per heavy atom. The number of carbonyl (C=O) groups excluding carboxylic acids is 1. The zero-order valence-electron chi connectivity index (χ0n) is 17.9. The van der Waals surface area contributed by atoms with E-state index < -0.39 is 42.9 Å². The predicted octanol–water partition coefficient (Wildman–Crippen LogP) is 3.24. The molecule has 0 aromatic carbocycles. The summed E-state index contributed by atoms with van der Waals surface area (Å²) in [5, 5.41) is -14.0. The zero-order chi connectivity index (χ0) is 29.0. The molecule has 210 valence electrons. The summed E-state index contributed by atoms with van der Waals surface area (Å²) in [4.78, 5) is 11.1. The van der Waals surface area contributed by atoms with Gasteiger partial charge in [0.2, 0.25) is 6.33 Å². The number of ether oxygens (including phenoxy) is 1. The Balaban J connectivity index is 0.000000717. The summed E-state index contributed by atoms with van der Waals surface area (Å²) in [5.41, 5.74) is 0.436. The quantitative estimate of drug-likeness (QED) is 0.189. The third kappa shape index (κ3) is 8.05. The van der Waals surface area contributed by atoms with Crippen molar-refractivity contribution in [3.05, 3.63) is 35.0 Å². The largest absolute Gasteiger partial charge is 0.467 e. The Morgan fingerprint density at radius 1 is 0.944 bits per heavy atom. The monoisotopic (exact) mass is 589 g/mol. The van der Waals surface area contributed by atoms with E-state index in [4.69, 9.17) is 4.74 Å². The topological polar surface area (TPSA) is 117 Å². The van der Waals surface area contributed by atoms with Crippen molar-refractivity contribution < 1.29 is 74.8 Å². The van der Waals surface area contributed by atoms with Gasteiger partial charge in [-0.1, -0.05) is 6.58 Å². The molecule has 0 amide bonds. The summed E-state index contributed by atoms with van der Waals surface area (Å²) in [7, 11) is -15.2. The molecule has 36 heavy (non-hydrogen) atoms. The molecule has 0 spiro atoms. The first-order valence-electron chi connectivity index (χ1n) is 8.84. The smallest absolute Gasteiger partial charge is 0.458 e. The molecule has 0 fully saturated rings. The highest BCUT2D eigenvalue weighted by Gasteiger charge is 2.68. The van der Waals surface area contributed by atoms with Crippen LogP contribution in [0.5, 0.6) is 0 Å². The van der Waals surface area contributed by atoms with Crippen molar-refractivity contribution in [2.45, 2.75) is 49.8 Å². The molecule has 0 atom stereocenters. The van der Waals surface area contributed by atoms with Crippen LogP contribution in [0.2, 0.25) is 0 Å². The number of nitrogens with zero attached hydrogens (tertiary/aromatic N) is 3. The van der Waals surface area contributed by atoms with E-state index in [1.807, 2.05) is 23.3 Å². The summed E-state index contributed by atoms with van der Waals surface area (Å²) in [6.45, 7) is 9.22. The van der Waals surface area contributed by atoms with E-state index in [0.29, 0.717) is 22.9 Å². The number of alkyl halides is 10. The van der Waals surface area contributed by atoms with E-state index in [0.717, 1.165) is 6.54 Å². The molecule has 0 unspecified atom stereocenters. The summed E-state index contributed by atoms with van der Waals surface area (Å²) >= 11 is 0. The number of rotatable bonds is 9. The summed E-state index contributed by atoms with van der Waals surface area (Å²) < 4.78 is 170. The van der Waals surface area contributed by atoms with Gasteiger partial charge < -0.3 is 8.86 Å². The van der Waals surface area contributed by atoms with Crippen LogP contribution in [0.4, 0.5) is 43.9 Å². The van der Waals surface area contributed by atoms with E-state index in [1.54, 1.807) is 6.92 Å². The fourth-order valence-electron chi connectivity index (χ4n) is 1.64. The van der Waals surface area contributed by atoms with Crippen molar-refractivity contribution in [2.24, 2.45) is 0 Å². The molecular formula is C15H17F10N3O6S2. The zero-order valence-corrected chi connectivity index (χ0v) is 19.6. The van der Waals surface area contributed by atoms with Crippen LogP contribution in [0.3, 0.4) is 0 Å². The minimum atomic E-state index is -7.62. The molecule has 0 aliphatic rings.